The topological polar surface area (TPSA) is 398 Å². The number of nitrogens with two attached hydrogens (primary N) is 3. The van der Waals surface area contributed by atoms with Crippen LogP contribution in [0.1, 0.15) is 137 Å². The Kier molecular flexibility index (Phi) is 28.2. The monoisotopic (exact) mass is 1490 g/mol. The Labute approximate surface area is 602 Å². The molecule has 6 heterocycles. The van der Waals surface area contributed by atoms with E-state index in [1.807, 2.05) is 79.6 Å². The summed E-state index contributed by atoms with van der Waals surface area (Å²) >= 11 is 5.93. The van der Waals surface area contributed by atoms with Crippen molar-refractivity contribution in [3.63, 3.8) is 0 Å². The molecule has 104 heavy (non-hydrogen) atoms. The van der Waals surface area contributed by atoms with Gasteiger partial charge in [-0.1, -0.05) is 103 Å². The number of aromatic nitrogens is 3. The van der Waals surface area contributed by atoms with Crippen molar-refractivity contribution in [1.82, 2.24) is 29.2 Å². The van der Waals surface area contributed by atoms with Crippen molar-refractivity contribution in [2.24, 2.45) is 17.2 Å². The number of fused-ring (bicyclic) bond motifs is 3. The van der Waals surface area contributed by atoms with E-state index in [2.05, 4.69) is 36.1 Å². The third kappa shape index (κ3) is 22.5. The zero-order valence-corrected chi connectivity index (χ0v) is 58.7. The number of alkyl halides is 3. The number of benzene rings is 3. The first kappa shape index (κ1) is 78.7. The van der Waals surface area contributed by atoms with Gasteiger partial charge in [-0.3, -0.25) is 72.8 Å². The summed E-state index contributed by atoms with van der Waals surface area (Å²) in [7, 11) is 3.80. The number of hydrogen-bond donors (Lipinski definition) is 10. The Morgan fingerprint density at radius 1 is 0.529 bits per heavy atom. The molecule has 0 bridgehead atoms. The van der Waals surface area contributed by atoms with Crippen molar-refractivity contribution in [2.75, 3.05) is 10.6 Å². The summed E-state index contributed by atoms with van der Waals surface area (Å²) < 4.78 is 45.1. The van der Waals surface area contributed by atoms with Gasteiger partial charge in [0.05, 0.1) is 78.9 Å². The minimum absolute atomic E-state index is 0.000325. The molecular weight excluding hydrogens is 1410 g/mol. The third-order valence-corrected chi connectivity index (χ3v) is 17.8. The number of guanidine groups is 1. The summed E-state index contributed by atoms with van der Waals surface area (Å²) in [5.74, 6) is -6.54. The minimum atomic E-state index is -5.19. The maximum absolute atomic E-state index is 13.1. The Morgan fingerprint density at radius 3 is 1.20 bits per heavy atom. The van der Waals surface area contributed by atoms with Crippen molar-refractivity contribution in [3.8, 4) is 0 Å². The van der Waals surface area contributed by atoms with Crippen LogP contribution >= 0.6 is 30.5 Å². The normalized spacial score (nSPS) is 16.3. The molecule has 11 rings (SSSR count). The molecule has 2 fully saturated rings. The second kappa shape index (κ2) is 37.3. The molecule has 0 spiro atoms. The van der Waals surface area contributed by atoms with Crippen LogP contribution in [0.3, 0.4) is 0 Å². The Balaban J connectivity index is 0.000000190. The molecule has 5 unspecified atom stereocenters. The molecule has 13 N–H and O–H groups in total. The average Bonchev–Trinajstić information content (AvgIpc) is 0.806. The molecule has 546 valence electrons. The largest absolute Gasteiger partial charge is 0.542 e. The lowest BCUT2D eigenvalue weighted by atomic mass is 9.91. The molecule has 2 aliphatic carbocycles. The van der Waals surface area contributed by atoms with Crippen LogP contribution in [0.15, 0.2) is 197 Å². The van der Waals surface area contributed by atoms with E-state index in [0.717, 1.165) is 73.9 Å². The van der Waals surface area contributed by atoms with Gasteiger partial charge in [-0.2, -0.15) is 13.2 Å². The van der Waals surface area contributed by atoms with Crippen LogP contribution in [-0.4, -0.2) is 96.2 Å². The molecule has 3 aromatic carbocycles. The summed E-state index contributed by atoms with van der Waals surface area (Å²) in [4.78, 5) is 124. The van der Waals surface area contributed by atoms with E-state index < -0.39 is 82.6 Å². The number of aliphatic carboxylic acids is 2. The van der Waals surface area contributed by atoms with Gasteiger partial charge < -0.3 is 56.4 Å². The van der Waals surface area contributed by atoms with Crippen LogP contribution in [0.2, 0.25) is 5.02 Å². The van der Waals surface area contributed by atoms with Crippen molar-refractivity contribution in [3.05, 3.63) is 252 Å². The van der Waals surface area contributed by atoms with Crippen LogP contribution in [0, 0.1) is 0 Å². The molecule has 0 saturated heterocycles. The number of carbonyl (C=O) groups excluding carboxylic acids is 6. The van der Waals surface area contributed by atoms with Crippen LogP contribution in [0.4, 0.5) is 24.5 Å². The number of halogens is 4. The van der Waals surface area contributed by atoms with Crippen molar-refractivity contribution in [1.29, 1.82) is 0 Å². The van der Waals surface area contributed by atoms with E-state index in [4.69, 9.17) is 43.2 Å². The van der Waals surface area contributed by atoms with E-state index in [9.17, 15) is 61.4 Å². The molecule has 0 radical (unpaired) electrons. The van der Waals surface area contributed by atoms with Crippen molar-refractivity contribution >= 4 is 106 Å². The predicted octanol–water partition coefficient (Wildman–Crippen LogP) is 5.94. The van der Waals surface area contributed by atoms with Crippen molar-refractivity contribution < 1.29 is 71.0 Å². The van der Waals surface area contributed by atoms with Gasteiger partial charge in [0.15, 0.2) is 0 Å². The smallest absolute Gasteiger partial charge is 0.430 e. The van der Waals surface area contributed by atoms with Gasteiger partial charge >= 0.3 is 30.0 Å². The van der Waals surface area contributed by atoms with E-state index in [1.165, 1.54) is 37.6 Å². The molecule has 2 aliphatic rings. The van der Waals surface area contributed by atoms with E-state index in [1.54, 1.807) is 97.3 Å². The maximum Gasteiger partial charge on any atom is 0.430 e. The number of carboxylic acids is 2. The molecule has 3 amide bonds. The second-order valence-corrected chi connectivity index (χ2v) is 25.3. The zero-order chi connectivity index (χ0) is 75.2. The summed E-state index contributed by atoms with van der Waals surface area (Å²) in [6, 6.07) is 46.3. The number of nitrogens with one attached hydrogen (secondary N) is 6. The van der Waals surface area contributed by atoms with Gasteiger partial charge in [-0.25, -0.2) is 0 Å². The molecular formula is C72H76ClF3N12O14P2. The number of carboxylic acid groups (broad SMARTS) is 2. The highest BCUT2D eigenvalue weighted by Crippen LogP contribution is 2.26. The van der Waals surface area contributed by atoms with E-state index >= 15 is 0 Å². The highest BCUT2D eigenvalue weighted by atomic mass is 35.5. The number of nitrogens with zero attached hydrogens (tertiary/aromatic N) is 3. The molecule has 5 atom stereocenters. The molecule has 2 saturated carbocycles. The summed E-state index contributed by atoms with van der Waals surface area (Å²) in [6.07, 6.45) is 7.07. The predicted molar refractivity (Wildman–Crippen MR) is 388 cm³/mol. The second-order valence-electron chi connectivity index (χ2n) is 24.3. The van der Waals surface area contributed by atoms with E-state index in [0.29, 0.717) is 39.2 Å². The zero-order valence-electron chi connectivity index (χ0n) is 55.6. The first-order valence-corrected chi connectivity index (χ1v) is 33.9. The van der Waals surface area contributed by atoms with Gasteiger partial charge in [0.1, 0.15) is 22.7 Å². The molecule has 26 nitrogen and oxygen atoms in total. The molecule has 6 aromatic heterocycles. The maximum atomic E-state index is 13.1. The first-order valence-electron chi connectivity index (χ1n) is 32.6. The number of rotatable bonds is 20. The Morgan fingerprint density at radius 2 is 0.865 bits per heavy atom. The lowest BCUT2D eigenvalue weighted by Crippen LogP contribution is -2.84. The number of anilines is 2. The highest BCUT2D eigenvalue weighted by Gasteiger charge is 2.30. The van der Waals surface area contributed by atoms with Crippen LogP contribution in [0.5, 0.6) is 0 Å². The number of amides is 3. The van der Waals surface area contributed by atoms with E-state index in [-0.39, 0.29) is 54.0 Å². The molecule has 9 aromatic rings. The molecule has 32 heteroatoms. The number of hydrogen-bond acceptors (Lipinski definition) is 16. The fourth-order valence-electron chi connectivity index (χ4n) is 11.8. The van der Waals surface area contributed by atoms with Gasteiger partial charge in [0.25, 0.3) is 34.4 Å². The number of pyridine rings is 6. The first-order chi connectivity index (χ1) is 49.7. The Hall–Kier alpha value is -11.0. The summed E-state index contributed by atoms with van der Waals surface area (Å²) in [6.45, 7) is 0. The lowest BCUT2D eigenvalue weighted by Gasteiger charge is -2.27. The van der Waals surface area contributed by atoms with Gasteiger partial charge in [-0.15, -0.1) is 0 Å². The number of carbonyl (C=O) groups is 7. The van der Waals surface area contributed by atoms with Crippen LogP contribution in [0.25, 0.3) is 16.6 Å². The van der Waals surface area contributed by atoms with Crippen LogP contribution in [-0.2, 0) is 28.2 Å². The van der Waals surface area contributed by atoms with Crippen LogP contribution < -0.4 is 70.6 Å². The average molecular weight is 1490 g/mol. The summed E-state index contributed by atoms with van der Waals surface area (Å²) in [5, 5.41) is 33.8. The minimum Gasteiger partial charge on any atom is -0.542 e. The Bertz CT molecular complexity index is 4750. The van der Waals surface area contributed by atoms with Gasteiger partial charge in [0, 0.05) is 53.1 Å². The third-order valence-electron chi connectivity index (χ3n) is 17.0. The fourth-order valence-corrected chi connectivity index (χ4v) is 12.1. The highest BCUT2D eigenvalue weighted by molar-refractivity contribution is 7.11. The lowest BCUT2D eigenvalue weighted by molar-refractivity contribution is -0.509. The van der Waals surface area contributed by atoms with Gasteiger partial charge in [0.2, 0.25) is 0 Å². The summed E-state index contributed by atoms with van der Waals surface area (Å²) in [5.41, 5.74) is 21.5. The fraction of sp³-hybridized carbons (Fsp3) is 0.264. The molecule has 0 aliphatic heterocycles. The quantitative estimate of drug-likeness (QED) is 0.0239. The SMILES string of the molecule is NC(N)=[NH+]C1CCC(Nc2ccn3c(=O)c(C(=O)NC(CC(=O)O)c4ccccc4)ccc3c2)CC1.NC1CCC(Nc2ccn3c(=O)c(C(=O)NC(CC(=O)OP)c4ccccc4)ccc3c2)CC1.O=C(CC(NC(=O)c1ccc2cc(Cl)ccn2c1=O)c1ccccc1)OP.O=C([O-])C(F)(F)F. The van der Waals surface area contributed by atoms with Gasteiger partial charge in [-0.05, 0) is 141 Å². The van der Waals surface area contributed by atoms with Crippen molar-refractivity contribution in [2.45, 2.75) is 119 Å². The standard InChI is InChI=1S/C26H30N6O4.C25H29N4O4P.C19H16ClN2O4P.C2HF3O2/c27-26(28)30-18-8-6-17(7-9-18)29-19-12-13-32-20(14-19)10-11-21(25(32)36)24(35)31-22(15-23(33)34)16-4-2-1-3-5-16;26-17-6-8-18(9-7-17)27-19-12-13-29-20(14-19)10-11-21(25(29)32)24(31)28-22(15-23(30)33-34)16-4-2-1-3-5-16;20-13-8-9-22-14(10-13)6-7-15(19(22)25)18(24)21-16(11-17(23)26-27)12-4-2-1-3-5-12;3-2(4,5)1(6)7/h1-5,10-14,17-18,22,29H,6-9,15H2,(H,31,35)(H,33,34)(H4,27,28,30);1-5,10-14,17-18,22,27H,6-9,15,26,34H2,(H,28,31);1-10,16H,11,27H2,(H,21,24);(H,6,7).